The van der Waals surface area contributed by atoms with Gasteiger partial charge in [0.25, 0.3) is 0 Å². The first-order valence-corrected chi connectivity index (χ1v) is 6.25. The summed E-state index contributed by atoms with van der Waals surface area (Å²) in [6, 6.07) is 5.35. The number of hydrogen-bond acceptors (Lipinski definition) is 5. The zero-order valence-electron chi connectivity index (χ0n) is 10.9. The van der Waals surface area contributed by atoms with Crippen molar-refractivity contribution in [1.29, 1.82) is 0 Å². The summed E-state index contributed by atoms with van der Waals surface area (Å²) in [7, 11) is 0. The van der Waals surface area contributed by atoms with Crippen LogP contribution < -0.4 is 11.1 Å². The number of anilines is 1. The normalized spacial score (nSPS) is 10.4. The number of unbranched alkanes of at least 4 members (excludes halogenated alkanes) is 1. The first kappa shape index (κ1) is 13.8. The fourth-order valence-electron chi connectivity index (χ4n) is 1.71. The molecular weight excluding hydrogens is 260 g/mol. The molecule has 0 bridgehead atoms. The maximum atomic E-state index is 10.3. The summed E-state index contributed by atoms with van der Waals surface area (Å²) in [5.74, 6) is 0.441. The van der Waals surface area contributed by atoms with Crippen LogP contribution >= 0.6 is 0 Å². The zero-order chi connectivity index (χ0) is 14.4. The van der Waals surface area contributed by atoms with Crippen LogP contribution in [0.1, 0.15) is 12.8 Å². The third-order valence-electron chi connectivity index (χ3n) is 2.66. The van der Waals surface area contributed by atoms with Gasteiger partial charge < -0.3 is 16.2 Å². The molecule has 8 nitrogen and oxygen atoms in total. The number of hydrogen-bond donors (Lipinski definition) is 3. The fourth-order valence-corrected chi connectivity index (χ4v) is 1.71. The Labute approximate surface area is 115 Å². The van der Waals surface area contributed by atoms with E-state index in [1.807, 2.05) is 12.1 Å². The van der Waals surface area contributed by atoms with Crippen LogP contribution in [0.5, 0.6) is 0 Å². The number of rotatable bonds is 6. The number of nitrogens with two attached hydrogens (primary N) is 1. The SMILES string of the molecule is Nc1cccc(-c2cn(CCCCNC(=O)O)nn2)n1. The van der Waals surface area contributed by atoms with E-state index in [9.17, 15) is 4.79 Å². The quantitative estimate of drug-likeness (QED) is 0.676. The lowest BCUT2D eigenvalue weighted by atomic mass is 10.3. The highest BCUT2D eigenvalue weighted by atomic mass is 16.4. The lowest BCUT2D eigenvalue weighted by Gasteiger charge is -2.01. The Kier molecular flexibility index (Phi) is 4.48. The molecule has 2 aromatic rings. The smallest absolute Gasteiger partial charge is 0.404 e. The molecular formula is C12H16N6O2. The molecule has 2 rings (SSSR count). The second-order valence-corrected chi connectivity index (χ2v) is 4.25. The number of nitrogens with zero attached hydrogens (tertiary/aromatic N) is 4. The average Bonchev–Trinajstić information content (AvgIpc) is 2.87. The van der Waals surface area contributed by atoms with Crippen molar-refractivity contribution in [3.05, 3.63) is 24.4 Å². The molecule has 8 heteroatoms. The highest BCUT2D eigenvalue weighted by Gasteiger charge is 2.05. The minimum atomic E-state index is -0.999. The van der Waals surface area contributed by atoms with Crippen molar-refractivity contribution in [2.75, 3.05) is 12.3 Å². The van der Waals surface area contributed by atoms with Crippen LogP contribution in [0.15, 0.2) is 24.4 Å². The molecule has 20 heavy (non-hydrogen) atoms. The summed E-state index contributed by atoms with van der Waals surface area (Å²) < 4.78 is 1.71. The highest BCUT2D eigenvalue weighted by molar-refractivity contribution is 5.64. The fraction of sp³-hybridized carbons (Fsp3) is 0.333. The minimum Gasteiger partial charge on any atom is -0.465 e. The summed E-state index contributed by atoms with van der Waals surface area (Å²) in [5.41, 5.74) is 6.97. The number of nitrogens with one attached hydrogen (secondary N) is 1. The third kappa shape index (κ3) is 3.94. The van der Waals surface area contributed by atoms with Gasteiger partial charge in [0, 0.05) is 13.1 Å². The average molecular weight is 276 g/mol. The summed E-state index contributed by atoms with van der Waals surface area (Å²) >= 11 is 0. The molecule has 0 saturated heterocycles. The van der Waals surface area contributed by atoms with Crippen LogP contribution in [0.4, 0.5) is 10.6 Å². The predicted octanol–water partition coefficient (Wildman–Crippen LogP) is 0.970. The maximum absolute atomic E-state index is 10.3. The Morgan fingerprint density at radius 1 is 1.35 bits per heavy atom. The Bertz CT molecular complexity index is 583. The topological polar surface area (TPSA) is 119 Å². The molecule has 0 spiro atoms. The number of amides is 1. The van der Waals surface area contributed by atoms with Crippen molar-refractivity contribution >= 4 is 11.9 Å². The van der Waals surface area contributed by atoms with Crippen molar-refractivity contribution in [1.82, 2.24) is 25.3 Å². The Hall–Kier alpha value is -2.64. The molecule has 0 fully saturated rings. The zero-order valence-corrected chi connectivity index (χ0v) is 10.9. The number of carbonyl (C=O) groups is 1. The maximum Gasteiger partial charge on any atom is 0.404 e. The van der Waals surface area contributed by atoms with Crippen LogP contribution in [-0.2, 0) is 6.54 Å². The van der Waals surface area contributed by atoms with Crippen molar-refractivity contribution < 1.29 is 9.90 Å². The van der Waals surface area contributed by atoms with Crippen LogP contribution in [-0.4, -0.2) is 37.7 Å². The van der Waals surface area contributed by atoms with Crippen LogP contribution in [0.2, 0.25) is 0 Å². The lowest BCUT2D eigenvalue weighted by Crippen LogP contribution is -2.22. The summed E-state index contributed by atoms with van der Waals surface area (Å²) in [6.45, 7) is 1.12. The van der Waals surface area contributed by atoms with E-state index in [0.29, 0.717) is 30.3 Å². The molecule has 0 aromatic carbocycles. The second-order valence-electron chi connectivity index (χ2n) is 4.25. The first-order valence-electron chi connectivity index (χ1n) is 6.25. The number of carboxylic acid groups (broad SMARTS) is 1. The van der Waals surface area contributed by atoms with E-state index in [0.717, 1.165) is 12.8 Å². The number of aromatic nitrogens is 4. The summed E-state index contributed by atoms with van der Waals surface area (Å²) in [6.07, 6.45) is 2.36. The van der Waals surface area contributed by atoms with Gasteiger partial charge in [-0.3, -0.25) is 4.68 Å². The molecule has 4 N–H and O–H groups in total. The van der Waals surface area contributed by atoms with Gasteiger partial charge in [-0.05, 0) is 25.0 Å². The van der Waals surface area contributed by atoms with E-state index in [2.05, 4.69) is 20.6 Å². The molecule has 2 aromatic heterocycles. The Morgan fingerprint density at radius 3 is 2.95 bits per heavy atom. The molecule has 106 valence electrons. The number of aryl methyl sites for hydroxylation is 1. The summed E-state index contributed by atoms with van der Waals surface area (Å²) in [4.78, 5) is 14.4. The van der Waals surface area contributed by atoms with Gasteiger partial charge in [-0.25, -0.2) is 9.78 Å². The Balaban J connectivity index is 1.85. The third-order valence-corrected chi connectivity index (χ3v) is 2.66. The number of pyridine rings is 1. The molecule has 0 aliphatic heterocycles. The van der Waals surface area contributed by atoms with E-state index in [1.165, 1.54) is 0 Å². The molecule has 0 aliphatic carbocycles. The molecule has 2 heterocycles. The van der Waals surface area contributed by atoms with E-state index in [1.54, 1.807) is 16.9 Å². The molecule has 0 atom stereocenters. The molecule has 0 radical (unpaired) electrons. The molecule has 0 unspecified atom stereocenters. The molecule has 1 amide bonds. The van der Waals surface area contributed by atoms with Crippen molar-refractivity contribution in [2.45, 2.75) is 19.4 Å². The first-order chi connectivity index (χ1) is 9.65. The van der Waals surface area contributed by atoms with Gasteiger partial charge in [-0.1, -0.05) is 11.3 Å². The van der Waals surface area contributed by atoms with Crippen LogP contribution in [0.3, 0.4) is 0 Å². The highest BCUT2D eigenvalue weighted by Crippen LogP contribution is 2.14. The predicted molar refractivity (Wildman–Crippen MR) is 72.9 cm³/mol. The second kappa shape index (κ2) is 6.50. The van der Waals surface area contributed by atoms with Crippen LogP contribution in [0, 0.1) is 0 Å². The van der Waals surface area contributed by atoms with Gasteiger partial charge in [0.2, 0.25) is 0 Å². The van der Waals surface area contributed by atoms with E-state index in [-0.39, 0.29) is 0 Å². The van der Waals surface area contributed by atoms with E-state index >= 15 is 0 Å². The Morgan fingerprint density at radius 2 is 2.20 bits per heavy atom. The number of nitrogen functional groups attached to an aromatic ring is 1. The molecule has 0 saturated carbocycles. The van der Waals surface area contributed by atoms with Gasteiger partial charge in [0.15, 0.2) is 0 Å². The lowest BCUT2D eigenvalue weighted by molar-refractivity contribution is 0.194. The van der Waals surface area contributed by atoms with Gasteiger partial charge in [0.05, 0.1) is 11.9 Å². The standard InChI is InChI=1S/C12H16N6O2/c13-11-5-3-4-9(15-11)10-8-18(17-16-10)7-2-1-6-14-12(19)20/h3-5,8,14H,1-2,6-7H2,(H2,13,15)(H,19,20). The van der Waals surface area contributed by atoms with Gasteiger partial charge >= 0.3 is 6.09 Å². The van der Waals surface area contributed by atoms with Crippen LogP contribution in [0.25, 0.3) is 11.4 Å². The van der Waals surface area contributed by atoms with Crippen molar-refractivity contribution in [2.24, 2.45) is 0 Å². The molecule has 0 aliphatic rings. The monoisotopic (exact) mass is 276 g/mol. The van der Waals surface area contributed by atoms with Crippen molar-refractivity contribution in [3.63, 3.8) is 0 Å². The summed E-state index contributed by atoms with van der Waals surface area (Å²) in [5, 5.41) is 18.8. The van der Waals surface area contributed by atoms with E-state index in [4.69, 9.17) is 10.8 Å². The minimum absolute atomic E-state index is 0.438. The van der Waals surface area contributed by atoms with Gasteiger partial charge in [-0.15, -0.1) is 5.10 Å². The van der Waals surface area contributed by atoms with Crippen molar-refractivity contribution in [3.8, 4) is 11.4 Å². The van der Waals surface area contributed by atoms with E-state index < -0.39 is 6.09 Å². The van der Waals surface area contributed by atoms with Gasteiger partial charge in [0.1, 0.15) is 11.5 Å². The van der Waals surface area contributed by atoms with Gasteiger partial charge in [-0.2, -0.15) is 0 Å². The largest absolute Gasteiger partial charge is 0.465 e.